The molecule has 0 spiro atoms. The van der Waals surface area contributed by atoms with Gasteiger partial charge in [0, 0.05) is 37.5 Å². The van der Waals surface area contributed by atoms with Gasteiger partial charge in [-0.2, -0.15) is 0 Å². The summed E-state index contributed by atoms with van der Waals surface area (Å²) in [5, 5.41) is 2.96. The molecular weight excluding hydrogens is 304 g/mol. The second-order valence-corrected chi connectivity index (χ2v) is 7.47. The zero-order valence-electron chi connectivity index (χ0n) is 14.2. The molecule has 126 valence electrons. The number of nitrogens with one attached hydrogen (secondary N) is 1. The van der Waals surface area contributed by atoms with Crippen LogP contribution in [0.2, 0.25) is 0 Å². The molecule has 1 saturated heterocycles. The van der Waals surface area contributed by atoms with Crippen molar-refractivity contribution in [2.24, 2.45) is 5.41 Å². The van der Waals surface area contributed by atoms with E-state index >= 15 is 0 Å². The summed E-state index contributed by atoms with van der Waals surface area (Å²) < 4.78 is 0. The third kappa shape index (κ3) is 3.69. The smallest absolute Gasteiger partial charge is 0.251 e. The number of amides is 2. The molecule has 1 aromatic heterocycles. The van der Waals surface area contributed by atoms with Gasteiger partial charge in [-0.3, -0.25) is 19.6 Å². The molecule has 1 aliphatic rings. The van der Waals surface area contributed by atoms with Gasteiger partial charge in [-0.15, -0.1) is 0 Å². The SMILES string of the molecule is CC(C)(C)CN1CC(NC(=O)c2ccc3nccnc3c2)CC1=O. The fourth-order valence-electron chi connectivity index (χ4n) is 2.97. The fraction of sp³-hybridized carbons (Fsp3) is 0.444. The van der Waals surface area contributed by atoms with Gasteiger partial charge >= 0.3 is 0 Å². The summed E-state index contributed by atoms with van der Waals surface area (Å²) in [4.78, 5) is 34.8. The van der Waals surface area contributed by atoms with E-state index < -0.39 is 0 Å². The summed E-state index contributed by atoms with van der Waals surface area (Å²) in [6, 6.07) is 5.09. The van der Waals surface area contributed by atoms with E-state index in [1.54, 1.807) is 30.6 Å². The number of nitrogens with zero attached hydrogens (tertiary/aromatic N) is 3. The van der Waals surface area contributed by atoms with Crippen molar-refractivity contribution < 1.29 is 9.59 Å². The molecule has 0 aliphatic carbocycles. The van der Waals surface area contributed by atoms with Gasteiger partial charge in [0.25, 0.3) is 5.91 Å². The molecule has 1 N–H and O–H groups in total. The summed E-state index contributed by atoms with van der Waals surface area (Å²) in [6.07, 6.45) is 3.58. The molecule has 2 aromatic rings. The van der Waals surface area contributed by atoms with Gasteiger partial charge in [-0.1, -0.05) is 20.8 Å². The fourth-order valence-corrected chi connectivity index (χ4v) is 2.97. The Morgan fingerprint density at radius 2 is 1.96 bits per heavy atom. The highest BCUT2D eigenvalue weighted by atomic mass is 16.2. The van der Waals surface area contributed by atoms with E-state index in [4.69, 9.17) is 0 Å². The zero-order valence-corrected chi connectivity index (χ0v) is 14.2. The predicted octanol–water partition coefficient (Wildman–Crippen LogP) is 2.01. The Balaban J connectivity index is 1.67. The molecule has 1 aromatic carbocycles. The Morgan fingerprint density at radius 3 is 2.67 bits per heavy atom. The van der Waals surface area contributed by atoms with E-state index in [1.165, 1.54) is 0 Å². The van der Waals surface area contributed by atoms with Crippen LogP contribution in [0, 0.1) is 5.41 Å². The van der Waals surface area contributed by atoms with Crippen molar-refractivity contribution in [1.29, 1.82) is 0 Å². The van der Waals surface area contributed by atoms with Crippen molar-refractivity contribution in [2.45, 2.75) is 33.2 Å². The lowest BCUT2D eigenvalue weighted by Gasteiger charge is -2.26. The molecule has 2 amide bonds. The number of carbonyl (C=O) groups is 2. The number of fused-ring (bicyclic) bond motifs is 1. The first kappa shape index (κ1) is 16.4. The van der Waals surface area contributed by atoms with Crippen LogP contribution in [0.25, 0.3) is 11.0 Å². The average Bonchev–Trinajstić information content (AvgIpc) is 2.84. The van der Waals surface area contributed by atoms with E-state index in [-0.39, 0.29) is 23.3 Å². The molecular formula is C18H22N4O2. The quantitative estimate of drug-likeness (QED) is 0.936. The van der Waals surface area contributed by atoms with Crippen molar-refractivity contribution in [3.63, 3.8) is 0 Å². The highest BCUT2D eigenvalue weighted by molar-refractivity contribution is 5.97. The monoisotopic (exact) mass is 326 g/mol. The lowest BCUT2D eigenvalue weighted by atomic mass is 9.96. The maximum absolute atomic E-state index is 12.5. The maximum Gasteiger partial charge on any atom is 0.251 e. The van der Waals surface area contributed by atoms with Gasteiger partial charge < -0.3 is 10.2 Å². The minimum absolute atomic E-state index is 0.0472. The first-order valence-corrected chi connectivity index (χ1v) is 8.11. The molecule has 3 rings (SSSR count). The van der Waals surface area contributed by atoms with Gasteiger partial charge in [0.15, 0.2) is 0 Å². The van der Waals surface area contributed by atoms with Gasteiger partial charge in [0.05, 0.1) is 17.1 Å². The summed E-state index contributed by atoms with van der Waals surface area (Å²) in [5.74, 6) is -0.0856. The molecule has 1 aliphatic heterocycles. The second-order valence-electron chi connectivity index (χ2n) is 7.47. The Bertz CT molecular complexity index is 782. The lowest BCUT2D eigenvalue weighted by Crippen LogP contribution is -2.39. The first-order chi connectivity index (χ1) is 11.3. The summed E-state index contributed by atoms with van der Waals surface area (Å²) in [6.45, 7) is 7.56. The van der Waals surface area contributed by atoms with Crippen LogP contribution in [0.1, 0.15) is 37.6 Å². The number of likely N-dealkylation sites (tertiary alicyclic amines) is 1. The molecule has 1 fully saturated rings. The molecule has 2 heterocycles. The molecule has 6 nitrogen and oxygen atoms in total. The third-order valence-corrected chi connectivity index (χ3v) is 3.95. The number of hydrogen-bond donors (Lipinski definition) is 1. The second kappa shape index (κ2) is 6.19. The summed E-state index contributed by atoms with van der Waals surface area (Å²) in [5.41, 5.74) is 2.01. The highest BCUT2D eigenvalue weighted by Gasteiger charge is 2.32. The number of benzene rings is 1. The largest absolute Gasteiger partial charge is 0.347 e. The number of carbonyl (C=O) groups excluding carboxylic acids is 2. The van der Waals surface area contributed by atoms with E-state index in [2.05, 4.69) is 36.1 Å². The Hall–Kier alpha value is -2.50. The number of rotatable bonds is 3. The van der Waals surface area contributed by atoms with Crippen molar-refractivity contribution >= 4 is 22.8 Å². The van der Waals surface area contributed by atoms with Crippen molar-refractivity contribution in [3.05, 3.63) is 36.2 Å². The van der Waals surface area contributed by atoms with Crippen LogP contribution in [-0.2, 0) is 4.79 Å². The zero-order chi connectivity index (χ0) is 17.3. The van der Waals surface area contributed by atoms with Gasteiger partial charge in [-0.05, 0) is 23.6 Å². The van der Waals surface area contributed by atoms with E-state index in [1.807, 2.05) is 4.90 Å². The summed E-state index contributed by atoms with van der Waals surface area (Å²) in [7, 11) is 0. The average molecular weight is 326 g/mol. The predicted molar refractivity (Wildman–Crippen MR) is 91.4 cm³/mol. The van der Waals surface area contributed by atoms with Crippen molar-refractivity contribution in [1.82, 2.24) is 20.2 Å². The molecule has 6 heteroatoms. The highest BCUT2D eigenvalue weighted by Crippen LogP contribution is 2.20. The number of hydrogen-bond acceptors (Lipinski definition) is 4. The van der Waals surface area contributed by atoms with Crippen LogP contribution in [0.5, 0.6) is 0 Å². The molecule has 0 bridgehead atoms. The van der Waals surface area contributed by atoms with Crippen molar-refractivity contribution in [2.75, 3.05) is 13.1 Å². The minimum atomic E-state index is -0.182. The minimum Gasteiger partial charge on any atom is -0.347 e. The van der Waals surface area contributed by atoms with Crippen LogP contribution in [0.4, 0.5) is 0 Å². The van der Waals surface area contributed by atoms with E-state index in [0.29, 0.717) is 30.6 Å². The Morgan fingerprint density at radius 1 is 1.25 bits per heavy atom. The number of aromatic nitrogens is 2. The normalized spacial score (nSPS) is 18.2. The molecule has 1 atom stereocenters. The lowest BCUT2D eigenvalue weighted by molar-refractivity contribution is -0.128. The molecule has 24 heavy (non-hydrogen) atoms. The van der Waals surface area contributed by atoms with Crippen LogP contribution in [0.3, 0.4) is 0 Å². The van der Waals surface area contributed by atoms with Crippen LogP contribution in [0.15, 0.2) is 30.6 Å². The summed E-state index contributed by atoms with van der Waals surface area (Å²) >= 11 is 0. The molecule has 0 radical (unpaired) electrons. The standard InChI is InChI=1S/C18H22N4O2/c1-18(2,3)11-22-10-13(9-16(22)23)21-17(24)12-4-5-14-15(8-12)20-7-6-19-14/h4-8,13H,9-11H2,1-3H3,(H,21,24). The van der Waals surface area contributed by atoms with Crippen LogP contribution >= 0.6 is 0 Å². The Kier molecular flexibility index (Phi) is 4.22. The van der Waals surface area contributed by atoms with Gasteiger partial charge in [-0.25, -0.2) is 0 Å². The van der Waals surface area contributed by atoms with Gasteiger partial charge in [0.1, 0.15) is 0 Å². The molecule has 0 saturated carbocycles. The third-order valence-electron chi connectivity index (χ3n) is 3.95. The van der Waals surface area contributed by atoms with Crippen LogP contribution < -0.4 is 5.32 Å². The Labute approximate surface area is 141 Å². The van der Waals surface area contributed by atoms with Crippen LogP contribution in [-0.4, -0.2) is 45.8 Å². The molecule has 1 unspecified atom stereocenters. The van der Waals surface area contributed by atoms with E-state index in [0.717, 1.165) is 5.52 Å². The van der Waals surface area contributed by atoms with Gasteiger partial charge in [0.2, 0.25) is 5.91 Å². The van der Waals surface area contributed by atoms with E-state index in [9.17, 15) is 9.59 Å². The topological polar surface area (TPSA) is 75.2 Å². The maximum atomic E-state index is 12.5. The van der Waals surface area contributed by atoms with Crippen molar-refractivity contribution in [3.8, 4) is 0 Å². The first-order valence-electron chi connectivity index (χ1n) is 8.11.